The summed E-state index contributed by atoms with van der Waals surface area (Å²) in [6.45, 7) is 4.91. The molecule has 1 heterocycles. The summed E-state index contributed by atoms with van der Waals surface area (Å²) in [6, 6.07) is 10.1. The van der Waals surface area contributed by atoms with E-state index in [0.29, 0.717) is 19.5 Å². The first-order valence-corrected chi connectivity index (χ1v) is 8.28. The van der Waals surface area contributed by atoms with Crippen LogP contribution in [0.2, 0.25) is 0 Å². The summed E-state index contributed by atoms with van der Waals surface area (Å²) >= 11 is 0. The maximum Gasteiger partial charge on any atom is 0.317 e. The second-order valence-corrected chi connectivity index (χ2v) is 6.66. The number of aliphatic carboxylic acids is 1. The van der Waals surface area contributed by atoms with Crippen molar-refractivity contribution in [2.45, 2.75) is 39.2 Å². The molecule has 1 aliphatic rings. The first kappa shape index (κ1) is 17.3. The average molecular weight is 318 g/mol. The van der Waals surface area contributed by atoms with Crippen LogP contribution < -0.4 is 5.32 Å². The Bertz CT molecular complexity index is 532. The fourth-order valence-electron chi connectivity index (χ4n) is 3.10. The summed E-state index contributed by atoms with van der Waals surface area (Å²) in [6.07, 6.45) is 2.42. The van der Waals surface area contributed by atoms with Crippen molar-refractivity contribution in [3.63, 3.8) is 0 Å². The molecule has 1 aromatic carbocycles. The lowest BCUT2D eigenvalue weighted by molar-refractivity contribution is -0.143. The largest absolute Gasteiger partial charge is 0.481 e. The maximum atomic E-state index is 12.4. The molecule has 1 saturated heterocycles. The van der Waals surface area contributed by atoms with E-state index in [1.54, 1.807) is 4.90 Å². The molecule has 23 heavy (non-hydrogen) atoms. The van der Waals surface area contributed by atoms with Crippen LogP contribution in [0.25, 0.3) is 0 Å². The molecule has 1 aromatic rings. The molecule has 5 nitrogen and oxygen atoms in total. The highest BCUT2D eigenvalue weighted by molar-refractivity contribution is 5.76. The number of nitrogens with zero attached hydrogens (tertiary/aromatic N) is 1. The molecule has 2 rings (SSSR count). The van der Waals surface area contributed by atoms with Gasteiger partial charge in [0, 0.05) is 19.1 Å². The van der Waals surface area contributed by atoms with Gasteiger partial charge in [-0.1, -0.05) is 37.3 Å². The molecule has 2 N–H and O–H groups in total. The summed E-state index contributed by atoms with van der Waals surface area (Å²) in [5.41, 5.74) is 1.26. The van der Waals surface area contributed by atoms with Gasteiger partial charge in [0.25, 0.3) is 0 Å². The Labute approximate surface area is 137 Å². The van der Waals surface area contributed by atoms with Gasteiger partial charge >= 0.3 is 12.0 Å². The number of carbonyl (C=O) groups excluding carboxylic acids is 1. The number of amides is 2. The number of carboxylic acids is 1. The van der Waals surface area contributed by atoms with E-state index in [0.717, 1.165) is 12.8 Å². The van der Waals surface area contributed by atoms with Crippen LogP contribution in [0.4, 0.5) is 4.79 Å². The number of rotatable bonds is 5. The van der Waals surface area contributed by atoms with Crippen LogP contribution >= 0.6 is 0 Å². The fourth-order valence-corrected chi connectivity index (χ4v) is 3.10. The topological polar surface area (TPSA) is 69.6 Å². The lowest BCUT2D eigenvalue weighted by Crippen LogP contribution is -2.51. The number of carbonyl (C=O) groups is 2. The zero-order valence-electron chi connectivity index (χ0n) is 13.9. The average Bonchev–Trinajstić information content (AvgIpc) is 2.53. The summed E-state index contributed by atoms with van der Waals surface area (Å²) in [4.78, 5) is 25.2. The van der Waals surface area contributed by atoms with Crippen molar-refractivity contribution >= 4 is 12.0 Å². The van der Waals surface area contributed by atoms with Crippen molar-refractivity contribution in [2.75, 3.05) is 13.1 Å². The summed E-state index contributed by atoms with van der Waals surface area (Å²) in [5.74, 6) is -1.05. The Morgan fingerprint density at radius 3 is 2.65 bits per heavy atom. The Kier molecular flexibility index (Phi) is 6.02. The predicted octanol–water partition coefficient (Wildman–Crippen LogP) is 2.76. The molecule has 0 bridgehead atoms. The highest BCUT2D eigenvalue weighted by atomic mass is 16.4. The van der Waals surface area contributed by atoms with E-state index in [-0.39, 0.29) is 18.0 Å². The predicted molar refractivity (Wildman–Crippen MR) is 89.2 cm³/mol. The molecule has 2 amide bonds. The lowest BCUT2D eigenvalue weighted by atomic mass is 9.91. The maximum absolute atomic E-state index is 12.4. The third-order valence-electron chi connectivity index (χ3n) is 4.37. The number of aryl methyl sites for hydroxylation is 1. The van der Waals surface area contributed by atoms with Crippen LogP contribution in [0.1, 0.15) is 32.3 Å². The zero-order valence-corrected chi connectivity index (χ0v) is 13.9. The normalized spacial score (nSPS) is 22.4. The number of carboxylic acid groups (broad SMARTS) is 1. The van der Waals surface area contributed by atoms with Crippen LogP contribution in [0.5, 0.6) is 0 Å². The molecular formula is C18H26N2O3. The van der Waals surface area contributed by atoms with Gasteiger partial charge in [-0.2, -0.15) is 0 Å². The fraction of sp³-hybridized carbons (Fsp3) is 0.556. The summed E-state index contributed by atoms with van der Waals surface area (Å²) in [5, 5.41) is 12.2. The van der Waals surface area contributed by atoms with Crippen LogP contribution in [-0.4, -0.2) is 41.1 Å². The Hall–Kier alpha value is -2.04. The summed E-state index contributed by atoms with van der Waals surface area (Å²) < 4.78 is 0. The van der Waals surface area contributed by atoms with Crippen LogP contribution in [0.15, 0.2) is 30.3 Å². The molecule has 0 saturated carbocycles. The van der Waals surface area contributed by atoms with Crippen LogP contribution in [0.3, 0.4) is 0 Å². The van der Waals surface area contributed by atoms with Crippen molar-refractivity contribution in [3.8, 4) is 0 Å². The molecule has 0 spiro atoms. The number of urea groups is 1. The van der Waals surface area contributed by atoms with E-state index in [2.05, 4.69) is 17.4 Å². The minimum atomic E-state index is -0.813. The number of piperidine rings is 1. The van der Waals surface area contributed by atoms with Crippen molar-refractivity contribution in [1.29, 1.82) is 0 Å². The van der Waals surface area contributed by atoms with Gasteiger partial charge in [0.1, 0.15) is 0 Å². The Balaban J connectivity index is 1.81. The number of benzene rings is 1. The van der Waals surface area contributed by atoms with Gasteiger partial charge in [-0.3, -0.25) is 4.79 Å². The molecule has 3 unspecified atom stereocenters. The molecule has 3 atom stereocenters. The standard InChI is InChI=1S/C18H26N2O3/c1-13-10-16(17(21)22)12-20(11-13)18(23)19-14(2)8-9-15-6-4-3-5-7-15/h3-7,13-14,16H,8-12H2,1-2H3,(H,19,23)(H,21,22). The molecule has 1 aliphatic heterocycles. The van der Waals surface area contributed by atoms with E-state index in [4.69, 9.17) is 0 Å². The lowest BCUT2D eigenvalue weighted by Gasteiger charge is -2.35. The molecular weight excluding hydrogens is 292 g/mol. The molecule has 126 valence electrons. The van der Waals surface area contributed by atoms with Crippen molar-refractivity contribution in [3.05, 3.63) is 35.9 Å². The Morgan fingerprint density at radius 2 is 2.00 bits per heavy atom. The third kappa shape index (κ3) is 5.27. The summed E-state index contributed by atoms with van der Waals surface area (Å²) in [7, 11) is 0. The van der Waals surface area contributed by atoms with Gasteiger partial charge in [0.15, 0.2) is 0 Å². The number of likely N-dealkylation sites (tertiary alicyclic amines) is 1. The highest BCUT2D eigenvalue weighted by Gasteiger charge is 2.32. The first-order chi connectivity index (χ1) is 11.0. The highest BCUT2D eigenvalue weighted by Crippen LogP contribution is 2.21. The van der Waals surface area contributed by atoms with Crippen molar-refractivity contribution in [2.24, 2.45) is 11.8 Å². The number of hydrogen-bond donors (Lipinski definition) is 2. The van der Waals surface area contributed by atoms with Gasteiger partial charge in [0.05, 0.1) is 5.92 Å². The van der Waals surface area contributed by atoms with E-state index >= 15 is 0 Å². The van der Waals surface area contributed by atoms with Gasteiger partial charge in [0.2, 0.25) is 0 Å². The van der Waals surface area contributed by atoms with Crippen LogP contribution in [0, 0.1) is 11.8 Å². The van der Waals surface area contributed by atoms with Gasteiger partial charge in [-0.15, -0.1) is 0 Å². The second-order valence-electron chi connectivity index (χ2n) is 6.66. The Morgan fingerprint density at radius 1 is 1.30 bits per heavy atom. The van der Waals surface area contributed by atoms with E-state index in [1.807, 2.05) is 32.0 Å². The first-order valence-electron chi connectivity index (χ1n) is 8.28. The van der Waals surface area contributed by atoms with E-state index < -0.39 is 11.9 Å². The van der Waals surface area contributed by atoms with Crippen molar-refractivity contribution in [1.82, 2.24) is 10.2 Å². The van der Waals surface area contributed by atoms with Gasteiger partial charge < -0.3 is 15.3 Å². The third-order valence-corrected chi connectivity index (χ3v) is 4.37. The second kappa shape index (κ2) is 7.99. The van der Waals surface area contributed by atoms with Gasteiger partial charge in [-0.05, 0) is 37.7 Å². The monoisotopic (exact) mass is 318 g/mol. The SMILES string of the molecule is CC1CC(C(=O)O)CN(C(=O)NC(C)CCc2ccccc2)C1. The number of nitrogens with one attached hydrogen (secondary N) is 1. The quantitative estimate of drug-likeness (QED) is 0.877. The molecule has 0 aromatic heterocycles. The zero-order chi connectivity index (χ0) is 16.8. The minimum Gasteiger partial charge on any atom is -0.481 e. The number of hydrogen-bond acceptors (Lipinski definition) is 2. The minimum absolute atomic E-state index is 0.0585. The molecule has 0 radical (unpaired) electrons. The van der Waals surface area contributed by atoms with E-state index in [1.165, 1.54) is 5.56 Å². The smallest absolute Gasteiger partial charge is 0.317 e. The van der Waals surface area contributed by atoms with Crippen LogP contribution in [-0.2, 0) is 11.2 Å². The van der Waals surface area contributed by atoms with Gasteiger partial charge in [-0.25, -0.2) is 4.79 Å². The molecule has 5 heteroatoms. The molecule has 0 aliphatic carbocycles. The van der Waals surface area contributed by atoms with Crippen molar-refractivity contribution < 1.29 is 14.7 Å². The molecule has 1 fully saturated rings. The van der Waals surface area contributed by atoms with E-state index in [9.17, 15) is 14.7 Å².